The quantitative estimate of drug-likeness (QED) is 0.770. The highest BCUT2D eigenvalue weighted by Gasteiger charge is 2.29. The van der Waals surface area contributed by atoms with Gasteiger partial charge in [-0.1, -0.05) is 34.5 Å². The highest BCUT2D eigenvalue weighted by Crippen LogP contribution is 2.22. The van der Waals surface area contributed by atoms with E-state index in [9.17, 15) is 15.0 Å². The van der Waals surface area contributed by atoms with E-state index in [1.807, 2.05) is 0 Å². The summed E-state index contributed by atoms with van der Waals surface area (Å²) in [6.45, 7) is 1.10. The molecule has 1 rings (SSSR count). The maximum absolute atomic E-state index is 12.1. The Hall–Kier alpha value is -0.620. The van der Waals surface area contributed by atoms with E-state index in [0.29, 0.717) is 17.0 Å². The average Bonchev–Trinajstić information content (AvgIpc) is 2.38. The maximum Gasteiger partial charge on any atom is 0.253 e. The van der Waals surface area contributed by atoms with Crippen LogP contribution in [0.15, 0.2) is 22.7 Å². The van der Waals surface area contributed by atoms with Crippen molar-refractivity contribution in [3.05, 3.63) is 33.3 Å². The highest BCUT2D eigenvalue weighted by molar-refractivity contribution is 9.10. The molecule has 0 saturated carbocycles. The van der Waals surface area contributed by atoms with E-state index in [2.05, 4.69) is 21.2 Å². The molecule has 0 aliphatic rings. The van der Waals surface area contributed by atoms with Crippen molar-refractivity contribution in [3.63, 3.8) is 0 Å². The molecule has 0 fully saturated rings. The van der Waals surface area contributed by atoms with Crippen LogP contribution in [0.3, 0.4) is 0 Å². The molecule has 0 heterocycles. The Morgan fingerprint density at radius 1 is 1.44 bits per heavy atom. The molecule has 1 amide bonds. The summed E-state index contributed by atoms with van der Waals surface area (Å²) in [5.41, 5.74) is -0.728. The summed E-state index contributed by atoms with van der Waals surface area (Å²) in [7, 11) is 0. The maximum atomic E-state index is 12.1. The van der Waals surface area contributed by atoms with Crippen molar-refractivity contribution in [2.24, 2.45) is 0 Å². The summed E-state index contributed by atoms with van der Waals surface area (Å²) in [5.74, 6) is -0.425. The molecular weight excluding hydrogens is 321 g/mol. The fraction of sp³-hybridized carbons (Fsp3) is 0.417. The van der Waals surface area contributed by atoms with Crippen molar-refractivity contribution in [3.8, 4) is 0 Å². The van der Waals surface area contributed by atoms with Gasteiger partial charge in [0.25, 0.3) is 5.91 Å². The predicted octanol–water partition coefficient (Wildman–Crippen LogP) is 1.97. The molecule has 0 spiro atoms. The number of hydrogen-bond acceptors (Lipinski definition) is 3. The lowest BCUT2D eigenvalue weighted by molar-refractivity contribution is 0.0653. The van der Waals surface area contributed by atoms with E-state index in [1.165, 1.54) is 0 Å². The Kier molecular flexibility index (Phi) is 5.59. The minimum Gasteiger partial charge on any atom is -0.394 e. The Morgan fingerprint density at radius 2 is 2.06 bits per heavy atom. The number of aliphatic hydroxyl groups excluding tert-OH is 2. The lowest BCUT2D eigenvalue weighted by Crippen LogP contribution is -2.53. The standard InChI is InChI=1S/C12H15BrClNO3/c1-2-12(6-16,7-17)15-11(18)9-5-8(13)3-4-10(9)14/h3-5,16-17H,2,6-7H2,1H3,(H,15,18). The van der Waals surface area contributed by atoms with E-state index >= 15 is 0 Å². The zero-order valence-electron chi connectivity index (χ0n) is 9.91. The third kappa shape index (κ3) is 3.45. The second-order valence-corrected chi connectivity index (χ2v) is 5.35. The second-order valence-electron chi connectivity index (χ2n) is 4.03. The van der Waals surface area contributed by atoms with Crippen molar-refractivity contribution in [1.29, 1.82) is 0 Å². The number of carbonyl (C=O) groups excluding carboxylic acids is 1. The van der Waals surface area contributed by atoms with Gasteiger partial charge in [-0.25, -0.2) is 0 Å². The first-order chi connectivity index (χ1) is 8.48. The Balaban J connectivity index is 2.97. The van der Waals surface area contributed by atoms with Crippen LogP contribution in [-0.2, 0) is 0 Å². The molecule has 1 aromatic rings. The molecule has 0 aliphatic heterocycles. The minimum atomic E-state index is -1.03. The normalized spacial score (nSPS) is 11.4. The first-order valence-corrected chi connectivity index (χ1v) is 6.64. The van der Waals surface area contributed by atoms with Gasteiger partial charge in [0.05, 0.1) is 29.3 Å². The number of halogens is 2. The lowest BCUT2D eigenvalue weighted by Gasteiger charge is -2.29. The lowest BCUT2D eigenvalue weighted by atomic mass is 9.98. The highest BCUT2D eigenvalue weighted by atomic mass is 79.9. The van der Waals surface area contributed by atoms with Crippen LogP contribution in [0, 0.1) is 0 Å². The van der Waals surface area contributed by atoms with E-state index in [4.69, 9.17) is 11.6 Å². The van der Waals surface area contributed by atoms with Crippen LogP contribution in [0.25, 0.3) is 0 Å². The number of aliphatic hydroxyl groups is 2. The van der Waals surface area contributed by atoms with E-state index in [-0.39, 0.29) is 13.2 Å². The van der Waals surface area contributed by atoms with Crippen molar-refractivity contribution < 1.29 is 15.0 Å². The van der Waals surface area contributed by atoms with Gasteiger partial charge in [0.1, 0.15) is 0 Å². The van der Waals surface area contributed by atoms with Crippen LogP contribution in [0.2, 0.25) is 5.02 Å². The second kappa shape index (κ2) is 6.52. The zero-order chi connectivity index (χ0) is 13.8. The molecule has 3 N–H and O–H groups in total. The summed E-state index contributed by atoms with van der Waals surface area (Å²) < 4.78 is 0.729. The fourth-order valence-electron chi connectivity index (χ4n) is 1.42. The molecule has 4 nitrogen and oxygen atoms in total. The van der Waals surface area contributed by atoms with Gasteiger partial charge in [0.2, 0.25) is 0 Å². The monoisotopic (exact) mass is 335 g/mol. The molecule has 18 heavy (non-hydrogen) atoms. The van der Waals surface area contributed by atoms with Crippen LogP contribution in [-0.4, -0.2) is 34.9 Å². The topological polar surface area (TPSA) is 69.6 Å². The van der Waals surface area contributed by atoms with Gasteiger partial charge in [-0.05, 0) is 24.6 Å². The molecule has 0 unspecified atom stereocenters. The predicted molar refractivity (Wildman–Crippen MR) is 73.8 cm³/mol. The average molecular weight is 337 g/mol. The van der Waals surface area contributed by atoms with Gasteiger partial charge in [-0.3, -0.25) is 4.79 Å². The molecule has 100 valence electrons. The minimum absolute atomic E-state index is 0.297. The van der Waals surface area contributed by atoms with Gasteiger partial charge in [0.15, 0.2) is 0 Å². The van der Waals surface area contributed by atoms with Gasteiger partial charge >= 0.3 is 0 Å². The largest absolute Gasteiger partial charge is 0.394 e. The number of benzene rings is 1. The van der Waals surface area contributed by atoms with Crippen molar-refractivity contribution in [2.75, 3.05) is 13.2 Å². The third-order valence-corrected chi connectivity index (χ3v) is 3.66. The first-order valence-electron chi connectivity index (χ1n) is 5.47. The number of amides is 1. The zero-order valence-corrected chi connectivity index (χ0v) is 12.3. The van der Waals surface area contributed by atoms with E-state index < -0.39 is 11.4 Å². The Bertz CT molecular complexity index is 427. The first kappa shape index (κ1) is 15.4. The van der Waals surface area contributed by atoms with E-state index in [0.717, 1.165) is 4.47 Å². The molecule has 0 atom stereocenters. The molecule has 6 heteroatoms. The number of nitrogens with one attached hydrogen (secondary N) is 1. The van der Waals surface area contributed by atoms with Crippen molar-refractivity contribution in [2.45, 2.75) is 18.9 Å². The van der Waals surface area contributed by atoms with Crippen LogP contribution < -0.4 is 5.32 Å². The van der Waals surface area contributed by atoms with Crippen LogP contribution in [0.4, 0.5) is 0 Å². The molecular formula is C12H15BrClNO3. The van der Waals surface area contributed by atoms with Gasteiger partial charge in [-0.15, -0.1) is 0 Å². The molecule has 0 radical (unpaired) electrons. The van der Waals surface area contributed by atoms with Crippen molar-refractivity contribution in [1.82, 2.24) is 5.32 Å². The summed E-state index contributed by atoms with van der Waals surface area (Å²) in [5, 5.41) is 21.5. The Labute approximate surface area is 119 Å². The molecule has 0 aliphatic carbocycles. The van der Waals surface area contributed by atoms with Crippen LogP contribution in [0.1, 0.15) is 23.7 Å². The summed E-state index contributed by atoms with van der Waals surface area (Å²) in [6.07, 6.45) is 0.414. The summed E-state index contributed by atoms with van der Waals surface area (Å²) >= 11 is 9.20. The number of carbonyl (C=O) groups is 1. The smallest absolute Gasteiger partial charge is 0.253 e. The SMILES string of the molecule is CCC(CO)(CO)NC(=O)c1cc(Br)ccc1Cl. The number of rotatable bonds is 5. The van der Waals surface area contributed by atoms with Crippen LogP contribution in [0.5, 0.6) is 0 Å². The van der Waals surface area contributed by atoms with Gasteiger partial charge < -0.3 is 15.5 Å². The van der Waals surface area contributed by atoms with Gasteiger partial charge in [-0.2, -0.15) is 0 Å². The molecule has 1 aromatic carbocycles. The Morgan fingerprint density at radius 3 is 2.56 bits per heavy atom. The summed E-state index contributed by atoms with van der Waals surface area (Å²) in [6, 6.07) is 4.92. The summed E-state index contributed by atoms with van der Waals surface area (Å²) in [4.78, 5) is 12.1. The fourth-order valence-corrected chi connectivity index (χ4v) is 1.99. The van der Waals surface area contributed by atoms with E-state index in [1.54, 1.807) is 25.1 Å². The molecule has 0 bridgehead atoms. The van der Waals surface area contributed by atoms with Crippen molar-refractivity contribution >= 4 is 33.4 Å². The molecule has 0 aromatic heterocycles. The van der Waals surface area contributed by atoms with Crippen LogP contribution >= 0.6 is 27.5 Å². The number of hydrogen-bond donors (Lipinski definition) is 3. The van der Waals surface area contributed by atoms with Gasteiger partial charge in [0, 0.05) is 4.47 Å². The molecule has 0 saturated heterocycles. The third-order valence-electron chi connectivity index (χ3n) is 2.83.